The average Bonchev–Trinajstić information content (AvgIpc) is 2.37. The zero-order valence-electron chi connectivity index (χ0n) is 11.4. The summed E-state index contributed by atoms with van der Waals surface area (Å²) in [5, 5.41) is 0. The van der Waals surface area contributed by atoms with E-state index in [0.29, 0.717) is 6.54 Å². The number of ketones is 1. The number of nitrogens with zero attached hydrogens (tertiary/aromatic N) is 1. The van der Waals surface area contributed by atoms with E-state index in [9.17, 15) is 9.59 Å². The Labute approximate surface area is 109 Å². The molecule has 0 bridgehead atoms. The number of Topliss-reactive ketones (excluding diaryl/α,β-unsaturated/α-hetero) is 1. The molecule has 0 fully saturated rings. The van der Waals surface area contributed by atoms with Gasteiger partial charge in [0.15, 0.2) is 0 Å². The van der Waals surface area contributed by atoms with E-state index in [2.05, 4.69) is 31.2 Å². The minimum absolute atomic E-state index is 0.407. The van der Waals surface area contributed by atoms with Crippen molar-refractivity contribution in [3.63, 3.8) is 0 Å². The molecule has 0 spiro atoms. The molecule has 1 aromatic rings. The maximum absolute atomic E-state index is 11.4. The lowest BCUT2D eigenvalue weighted by Gasteiger charge is -2.15. The first-order valence-corrected chi connectivity index (χ1v) is 6.38. The summed E-state index contributed by atoms with van der Waals surface area (Å²) in [6.07, 6.45) is 3.03. The van der Waals surface area contributed by atoms with Crippen LogP contribution in [0.15, 0.2) is 24.3 Å². The van der Waals surface area contributed by atoms with Crippen LogP contribution in [0.4, 0.5) is 0 Å². The van der Waals surface area contributed by atoms with Gasteiger partial charge in [-0.1, -0.05) is 37.6 Å². The first-order valence-electron chi connectivity index (χ1n) is 6.38. The van der Waals surface area contributed by atoms with Crippen LogP contribution in [0.1, 0.15) is 31.4 Å². The van der Waals surface area contributed by atoms with Gasteiger partial charge in [0.1, 0.15) is 0 Å². The minimum Gasteiger partial charge on any atom is -0.339 e. The van der Waals surface area contributed by atoms with Crippen LogP contribution in [0.25, 0.3) is 0 Å². The van der Waals surface area contributed by atoms with E-state index in [1.807, 2.05) is 0 Å². The lowest BCUT2D eigenvalue weighted by atomic mass is 10.1. The van der Waals surface area contributed by atoms with Gasteiger partial charge in [-0.3, -0.25) is 9.59 Å². The first-order chi connectivity index (χ1) is 8.54. The van der Waals surface area contributed by atoms with Crippen LogP contribution >= 0.6 is 0 Å². The highest BCUT2D eigenvalue weighted by molar-refractivity contribution is 6.34. The molecule has 0 aliphatic rings. The number of amides is 1. The largest absolute Gasteiger partial charge is 0.339 e. The number of carbonyl (C=O) groups excluding carboxylic acids is 2. The smallest absolute Gasteiger partial charge is 0.289 e. The van der Waals surface area contributed by atoms with Crippen molar-refractivity contribution < 1.29 is 9.59 Å². The molecule has 0 aliphatic heterocycles. The van der Waals surface area contributed by atoms with E-state index in [0.717, 1.165) is 19.3 Å². The number of benzene rings is 1. The quantitative estimate of drug-likeness (QED) is 0.723. The van der Waals surface area contributed by atoms with Crippen molar-refractivity contribution in [2.75, 3.05) is 13.6 Å². The van der Waals surface area contributed by atoms with Crippen molar-refractivity contribution in [2.45, 2.75) is 33.1 Å². The zero-order valence-corrected chi connectivity index (χ0v) is 11.4. The van der Waals surface area contributed by atoms with Gasteiger partial charge < -0.3 is 4.90 Å². The van der Waals surface area contributed by atoms with Gasteiger partial charge in [-0.05, 0) is 24.0 Å². The molecule has 0 saturated carbocycles. The third-order valence-corrected chi connectivity index (χ3v) is 2.95. The Morgan fingerprint density at radius 3 is 2.00 bits per heavy atom. The van der Waals surface area contributed by atoms with Crippen molar-refractivity contribution in [1.82, 2.24) is 4.90 Å². The number of likely N-dealkylation sites (N-methyl/N-ethyl adjacent to an activating group) is 1. The summed E-state index contributed by atoms with van der Waals surface area (Å²) in [6, 6.07) is 8.45. The summed E-state index contributed by atoms with van der Waals surface area (Å²) >= 11 is 0. The number of rotatable bonds is 6. The topological polar surface area (TPSA) is 37.4 Å². The highest BCUT2D eigenvalue weighted by Crippen LogP contribution is 2.07. The number of carbonyl (C=O) groups is 2. The van der Waals surface area contributed by atoms with Crippen LogP contribution in [0.5, 0.6) is 0 Å². The second kappa shape index (κ2) is 6.94. The molecule has 98 valence electrons. The maximum Gasteiger partial charge on any atom is 0.289 e. The van der Waals surface area contributed by atoms with Crippen LogP contribution < -0.4 is 0 Å². The van der Waals surface area contributed by atoms with E-state index in [-0.39, 0.29) is 0 Å². The molecule has 1 rings (SSSR count). The van der Waals surface area contributed by atoms with Crippen LogP contribution in [0.3, 0.4) is 0 Å². The molecule has 1 aromatic carbocycles. The predicted molar refractivity (Wildman–Crippen MR) is 72.5 cm³/mol. The Balaban J connectivity index is 2.48. The molecule has 0 radical (unpaired) electrons. The number of aryl methyl sites for hydroxylation is 1. The van der Waals surface area contributed by atoms with Gasteiger partial charge >= 0.3 is 0 Å². The zero-order chi connectivity index (χ0) is 13.5. The molecule has 3 heteroatoms. The lowest BCUT2D eigenvalue weighted by Crippen LogP contribution is -2.33. The summed E-state index contributed by atoms with van der Waals surface area (Å²) in [5.41, 5.74) is 2.53. The normalized spacial score (nSPS) is 10.2. The maximum atomic E-state index is 11.4. The fourth-order valence-electron chi connectivity index (χ4n) is 1.83. The molecule has 0 unspecified atom stereocenters. The van der Waals surface area contributed by atoms with Crippen LogP contribution in [0.2, 0.25) is 0 Å². The molecule has 1 amide bonds. The van der Waals surface area contributed by atoms with Gasteiger partial charge in [0, 0.05) is 20.5 Å². The van der Waals surface area contributed by atoms with Crippen molar-refractivity contribution in [3.05, 3.63) is 35.4 Å². The van der Waals surface area contributed by atoms with Gasteiger partial charge in [-0.25, -0.2) is 0 Å². The third kappa shape index (κ3) is 4.32. The molecule has 0 atom stereocenters. The van der Waals surface area contributed by atoms with Crippen molar-refractivity contribution >= 4 is 11.7 Å². The molecule has 0 heterocycles. The van der Waals surface area contributed by atoms with E-state index < -0.39 is 11.7 Å². The van der Waals surface area contributed by atoms with Crippen molar-refractivity contribution in [1.29, 1.82) is 0 Å². The summed E-state index contributed by atoms with van der Waals surface area (Å²) in [6.45, 7) is 4.04. The Morgan fingerprint density at radius 2 is 1.56 bits per heavy atom. The Hall–Kier alpha value is -1.64. The molecular formula is C15H21NO2. The standard InChI is InChI=1S/C15H21NO2/c1-4-5-13-6-8-14(9-7-13)10-11-16(3)15(18)12(2)17/h6-9H,4-5,10-11H2,1-3H3. The van der Waals surface area contributed by atoms with Crippen LogP contribution in [0, 0.1) is 0 Å². The minimum atomic E-state index is -0.419. The van der Waals surface area contributed by atoms with Crippen molar-refractivity contribution in [3.8, 4) is 0 Å². The van der Waals surface area contributed by atoms with Crippen LogP contribution in [-0.2, 0) is 22.4 Å². The molecular weight excluding hydrogens is 226 g/mol. The Kier molecular flexibility index (Phi) is 5.56. The van der Waals surface area contributed by atoms with Gasteiger partial charge in [0.2, 0.25) is 5.78 Å². The second-order valence-electron chi connectivity index (χ2n) is 4.60. The SMILES string of the molecule is CCCc1ccc(CCN(C)C(=O)C(C)=O)cc1. The summed E-state index contributed by atoms with van der Waals surface area (Å²) < 4.78 is 0. The van der Waals surface area contributed by atoms with E-state index in [1.54, 1.807) is 7.05 Å². The number of hydrogen-bond donors (Lipinski definition) is 0. The average molecular weight is 247 g/mol. The van der Waals surface area contributed by atoms with E-state index in [1.165, 1.54) is 23.0 Å². The molecule has 0 aliphatic carbocycles. The monoisotopic (exact) mass is 247 g/mol. The molecule has 3 nitrogen and oxygen atoms in total. The van der Waals surface area contributed by atoms with Crippen LogP contribution in [-0.4, -0.2) is 30.2 Å². The van der Waals surface area contributed by atoms with E-state index >= 15 is 0 Å². The number of hydrogen-bond acceptors (Lipinski definition) is 2. The Morgan fingerprint density at radius 1 is 1.06 bits per heavy atom. The summed E-state index contributed by atoms with van der Waals surface area (Å²) in [4.78, 5) is 23.8. The predicted octanol–water partition coefficient (Wildman–Crippen LogP) is 2.23. The fourth-order valence-corrected chi connectivity index (χ4v) is 1.83. The van der Waals surface area contributed by atoms with Gasteiger partial charge in [-0.15, -0.1) is 0 Å². The van der Waals surface area contributed by atoms with Gasteiger partial charge in [0.05, 0.1) is 0 Å². The van der Waals surface area contributed by atoms with Gasteiger partial charge in [0.25, 0.3) is 5.91 Å². The molecule has 0 saturated heterocycles. The lowest BCUT2D eigenvalue weighted by molar-refractivity contribution is -0.142. The second-order valence-corrected chi connectivity index (χ2v) is 4.60. The van der Waals surface area contributed by atoms with Gasteiger partial charge in [-0.2, -0.15) is 0 Å². The van der Waals surface area contributed by atoms with Crippen molar-refractivity contribution in [2.24, 2.45) is 0 Å². The fraction of sp³-hybridized carbons (Fsp3) is 0.467. The molecule has 0 aromatic heterocycles. The Bertz CT molecular complexity index is 409. The van der Waals surface area contributed by atoms with E-state index in [4.69, 9.17) is 0 Å². The highest BCUT2D eigenvalue weighted by atomic mass is 16.2. The first kappa shape index (κ1) is 14.4. The third-order valence-electron chi connectivity index (χ3n) is 2.95. The molecule has 0 N–H and O–H groups in total. The highest BCUT2D eigenvalue weighted by Gasteiger charge is 2.12. The molecule has 18 heavy (non-hydrogen) atoms. The summed E-state index contributed by atoms with van der Waals surface area (Å²) in [7, 11) is 1.66. The summed E-state index contributed by atoms with van der Waals surface area (Å²) in [5.74, 6) is -0.826.